The summed E-state index contributed by atoms with van der Waals surface area (Å²) in [5.41, 5.74) is 0. The maximum absolute atomic E-state index is 5.79. The van der Waals surface area contributed by atoms with E-state index in [0.717, 1.165) is 5.19 Å². The highest BCUT2D eigenvalue weighted by atomic mass is 28.4. The molecule has 5 heteroatoms. The third-order valence-corrected chi connectivity index (χ3v) is 5.18. The minimum atomic E-state index is -2.67. The Morgan fingerprint density at radius 1 is 0.824 bits per heavy atom. The zero-order chi connectivity index (χ0) is 11.9. The lowest BCUT2D eigenvalue weighted by atomic mass is 10.4. The number of hydrogen-bond donors (Lipinski definition) is 0. The molecule has 0 radical (unpaired) electrons. The van der Waals surface area contributed by atoms with Crippen LogP contribution >= 0.6 is 0 Å². The van der Waals surface area contributed by atoms with E-state index in [-0.39, 0.29) is 5.48 Å². The van der Waals surface area contributed by atoms with Crippen LogP contribution in [0.3, 0.4) is 0 Å². The second-order valence-corrected chi connectivity index (χ2v) is 5.78. The molecule has 0 unspecified atom stereocenters. The molecule has 1 aromatic rings. The standard InChI is InChI=1S/C12H20O3Si.H2O/c1-4-13-16(14-5-2,15-6-3)12-10-8-7-9-11-12;/h7-11H,4-6H2,1-3H3;1H2. The molecule has 0 atom stereocenters. The van der Waals surface area contributed by atoms with Gasteiger partial charge in [0.15, 0.2) is 0 Å². The van der Waals surface area contributed by atoms with Crippen molar-refractivity contribution in [3.05, 3.63) is 30.3 Å². The zero-order valence-electron chi connectivity index (χ0n) is 10.7. The van der Waals surface area contributed by atoms with Crippen LogP contribution < -0.4 is 5.19 Å². The Labute approximate surface area is 104 Å². The van der Waals surface area contributed by atoms with Crippen molar-refractivity contribution in [1.82, 2.24) is 0 Å². The first-order chi connectivity index (χ1) is 7.79. The molecular weight excluding hydrogens is 236 g/mol. The Balaban J connectivity index is 0.00000256. The lowest BCUT2D eigenvalue weighted by Crippen LogP contribution is -2.56. The fraction of sp³-hybridized carbons (Fsp3) is 0.500. The summed E-state index contributed by atoms with van der Waals surface area (Å²) in [7, 11) is -2.67. The second-order valence-electron chi connectivity index (χ2n) is 3.22. The number of benzene rings is 1. The quantitative estimate of drug-likeness (QED) is 0.689. The summed E-state index contributed by atoms with van der Waals surface area (Å²) in [4.78, 5) is 0. The molecule has 0 aromatic heterocycles. The van der Waals surface area contributed by atoms with Crippen molar-refractivity contribution < 1.29 is 18.8 Å². The maximum atomic E-state index is 5.79. The Hall–Kier alpha value is -0.723. The molecule has 0 bridgehead atoms. The summed E-state index contributed by atoms with van der Waals surface area (Å²) in [6.07, 6.45) is 0. The molecular formula is C12H22O4Si. The van der Waals surface area contributed by atoms with Crippen LogP contribution in [0.2, 0.25) is 0 Å². The summed E-state index contributed by atoms with van der Waals surface area (Å²) in [6, 6.07) is 9.95. The van der Waals surface area contributed by atoms with E-state index in [4.69, 9.17) is 13.3 Å². The van der Waals surface area contributed by atoms with E-state index >= 15 is 0 Å². The maximum Gasteiger partial charge on any atom is 0.537 e. The van der Waals surface area contributed by atoms with Gasteiger partial charge in [-0.05, 0) is 20.8 Å². The van der Waals surface area contributed by atoms with E-state index in [1.165, 1.54) is 0 Å². The fourth-order valence-electron chi connectivity index (χ4n) is 1.59. The minimum absolute atomic E-state index is 0. The predicted molar refractivity (Wildman–Crippen MR) is 70.3 cm³/mol. The lowest BCUT2D eigenvalue weighted by Gasteiger charge is -2.28. The molecule has 0 aliphatic carbocycles. The van der Waals surface area contributed by atoms with Crippen molar-refractivity contribution in [2.24, 2.45) is 0 Å². The normalized spacial score (nSPS) is 11.0. The van der Waals surface area contributed by atoms with E-state index in [2.05, 4.69) is 0 Å². The zero-order valence-corrected chi connectivity index (χ0v) is 11.7. The van der Waals surface area contributed by atoms with Gasteiger partial charge in [-0.2, -0.15) is 0 Å². The first-order valence-electron chi connectivity index (χ1n) is 5.76. The average Bonchev–Trinajstić information content (AvgIpc) is 2.31. The second kappa shape index (κ2) is 8.38. The molecule has 0 aliphatic rings. The molecule has 0 amide bonds. The van der Waals surface area contributed by atoms with Crippen molar-refractivity contribution in [2.45, 2.75) is 20.8 Å². The molecule has 2 N–H and O–H groups in total. The molecule has 0 saturated heterocycles. The Bertz CT molecular complexity index is 275. The van der Waals surface area contributed by atoms with E-state index < -0.39 is 8.80 Å². The first-order valence-corrected chi connectivity index (χ1v) is 7.49. The number of hydrogen-bond acceptors (Lipinski definition) is 3. The Morgan fingerprint density at radius 3 is 1.59 bits per heavy atom. The molecule has 0 saturated carbocycles. The minimum Gasteiger partial charge on any atom is -0.412 e. The summed E-state index contributed by atoms with van der Waals surface area (Å²) in [5, 5.41) is 1.03. The van der Waals surface area contributed by atoms with E-state index in [1.54, 1.807) is 0 Å². The van der Waals surface area contributed by atoms with Gasteiger partial charge < -0.3 is 18.8 Å². The summed E-state index contributed by atoms with van der Waals surface area (Å²) < 4.78 is 17.4. The van der Waals surface area contributed by atoms with Gasteiger partial charge in [-0.25, -0.2) is 0 Å². The summed E-state index contributed by atoms with van der Waals surface area (Å²) in [5.74, 6) is 0. The Morgan fingerprint density at radius 2 is 1.24 bits per heavy atom. The molecule has 98 valence electrons. The highest BCUT2D eigenvalue weighted by Crippen LogP contribution is 2.10. The molecule has 0 fully saturated rings. The van der Waals surface area contributed by atoms with Crippen molar-refractivity contribution in [3.63, 3.8) is 0 Å². The highest BCUT2D eigenvalue weighted by molar-refractivity contribution is 6.75. The van der Waals surface area contributed by atoms with Crippen LogP contribution in [0.4, 0.5) is 0 Å². The van der Waals surface area contributed by atoms with Gasteiger partial charge in [0.05, 0.1) is 0 Å². The van der Waals surface area contributed by atoms with Gasteiger partial charge in [0, 0.05) is 25.0 Å². The van der Waals surface area contributed by atoms with Crippen LogP contribution in [-0.4, -0.2) is 34.1 Å². The van der Waals surface area contributed by atoms with Crippen molar-refractivity contribution >= 4 is 14.0 Å². The lowest BCUT2D eigenvalue weighted by molar-refractivity contribution is 0.0859. The van der Waals surface area contributed by atoms with Gasteiger partial charge in [0.2, 0.25) is 0 Å². The smallest absolute Gasteiger partial charge is 0.412 e. The van der Waals surface area contributed by atoms with Crippen LogP contribution in [-0.2, 0) is 13.3 Å². The topological polar surface area (TPSA) is 59.2 Å². The van der Waals surface area contributed by atoms with Crippen LogP contribution in [0.15, 0.2) is 30.3 Å². The molecule has 0 spiro atoms. The molecule has 0 heterocycles. The summed E-state index contributed by atoms with van der Waals surface area (Å²) >= 11 is 0. The molecule has 1 aromatic carbocycles. The third kappa shape index (κ3) is 4.21. The third-order valence-electron chi connectivity index (χ3n) is 2.13. The van der Waals surface area contributed by atoms with Gasteiger partial charge in [0.1, 0.15) is 0 Å². The van der Waals surface area contributed by atoms with Crippen LogP contribution in [0.1, 0.15) is 20.8 Å². The summed E-state index contributed by atoms with van der Waals surface area (Å²) in [6.45, 7) is 7.68. The molecule has 4 nitrogen and oxygen atoms in total. The molecule has 0 aliphatic heterocycles. The van der Waals surface area contributed by atoms with Crippen molar-refractivity contribution in [3.8, 4) is 0 Å². The molecule has 17 heavy (non-hydrogen) atoms. The predicted octanol–water partition coefficient (Wildman–Crippen LogP) is 1.12. The SMILES string of the molecule is CCO[Si](OCC)(OCC)c1ccccc1.O. The van der Waals surface area contributed by atoms with Gasteiger partial charge in [-0.1, -0.05) is 30.3 Å². The first kappa shape index (κ1) is 16.3. The van der Waals surface area contributed by atoms with Crippen LogP contribution in [0.25, 0.3) is 0 Å². The highest BCUT2D eigenvalue weighted by Gasteiger charge is 2.42. The van der Waals surface area contributed by atoms with Gasteiger partial charge in [0.25, 0.3) is 0 Å². The van der Waals surface area contributed by atoms with Gasteiger partial charge in [-0.15, -0.1) is 0 Å². The van der Waals surface area contributed by atoms with Crippen LogP contribution in [0.5, 0.6) is 0 Å². The van der Waals surface area contributed by atoms with Crippen molar-refractivity contribution in [1.29, 1.82) is 0 Å². The fourth-order valence-corrected chi connectivity index (χ4v) is 4.08. The van der Waals surface area contributed by atoms with Gasteiger partial charge in [-0.3, -0.25) is 0 Å². The van der Waals surface area contributed by atoms with Gasteiger partial charge >= 0.3 is 8.80 Å². The molecule has 1 rings (SSSR count). The average molecular weight is 258 g/mol. The number of rotatable bonds is 7. The van der Waals surface area contributed by atoms with E-state index in [9.17, 15) is 0 Å². The largest absolute Gasteiger partial charge is 0.537 e. The van der Waals surface area contributed by atoms with E-state index in [0.29, 0.717) is 19.8 Å². The Kier molecular flexibility index (Phi) is 8.02. The van der Waals surface area contributed by atoms with E-state index in [1.807, 2.05) is 51.1 Å². The monoisotopic (exact) mass is 258 g/mol. The van der Waals surface area contributed by atoms with Crippen LogP contribution in [0, 0.1) is 0 Å². The van der Waals surface area contributed by atoms with Crippen molar-refractivity contribution in [2.75, 3.05) is 19.8 Å².